The van der Waals surface area contributed by atoms with Gasteiger partial charge in [-0.1, -0.05) is 29.1 Å². The fourth-order valence-electron chi connectivity index (χ4n) is 0.837. The van der Waals surface area contributed by atoms with Gasteiger partial charge in [-0.2, -0.15) is 0 Å². The Bertz CT molecular complexity index is 215. The summed E-state index contributed by atoms with van der Waals surface area (Å²) in [7, 11) is 10.9. The molecule has 1 rings (SSSR count). The fraction of sp³-hybridized carbons (Fsp3) is 0.143. The van der Waals surface area contributed by atoms with E-state index in [0.29, 0.717) is 10.9 Å². The van der Waals surface area contributed by atoms with Crippen LogP contribution in [0.1, 0.15) is 5.56 Å². The molecule has 0 aliphatic heterocycles. The van der Waals surface area contributed by atoms with E-state index in [-0.39, 0.29) is 6.61 Å². The molecule has 1 N–H and O–H groups in total. The Morgan fingerprint density at radius 1 is 1.10 bits per heavy atom. The Balaban J connectivity index is 3.06. The first-order chi connectivity index (χ1) is 4.72. The highest BCUT2D eigenvalue weighted by atomic mass is 16.3. The maximum atomic E-state index is 8.68. The predicted octanol–water partition coefficient (Wildman–Crippen LogP) is -1.23. The van der Waals surface area contributed by atoms with E-state index in [1.54, 1.807) is 18.2 Å². The zero-order chi connectivity index (χ0) is 7.56. The van der Waals surface area contributed by atoms with Crippen molar-refractivity contribution in [2.24, 2.45) is 0 Å². The van der Waals surface area contributed by atoms with Crippen molar-refractivity contribution in [1.82, 2.24) is 0 Å². The van der Waals surface area contributed by atoms with Crippen LogP contribution < -0.4 is 10.9 Å². The largest absolute Gasteiger partial charge is 0.392 e. The zero-order valence-corrected chi connectivity index (χ0v) is 5.54. The molecule has 0 aliphatic rings. The van der Waals surface area contributed by atoms with Crippen molar-refractivity contribution in [3.8, 4) is 0 Å². The van der Waals surface area contributed by atoms with E-state index < -0.39 is 0 Å². The maximum absolute atomic E-state index is 8.68. The molecule has 0 unspecified atom stereocenters. The highest BCUT2D eigenvalue weighted by molar-refractivity contribution is 6.37. The monoisotopic (exact) mass is 128 g/mol. The summed E-state index contributed by atoms with van der Waals surface area (Å²) in [4.78, 5) is 0. The van der Waals surface area contributed by atoms with Crippen LogP contribution in [0, 0.1) is 0 Å². The van der Waals surface area contributed by atoms with Crippen molar-refractivity contribution in [3.05, 3.63) is 23.8 Å². The average molecular weight is 128 g/mol. The molecule has 0 amide bonds. The van der Waals surface area contributed by atoms with Crippen LogP contribution in [0.3, 0.4) is 0 Å². The summed E-state index contributed by atoms with van der Waals surface area (Å²) in [6, 6.07) is 5.03. The summed E-state index contributed by atoms with van der Waals surface area (Å²) in [6.07, 6.45) is 0. The molecular weight excluding hydrogens is 122 g/mol. The molecule has 0 atom stereocenters. The minimum absolute atomic E-state index is 0.0186. The second-order valence-corrected chi connectivity index (χ2v) is 2.17. The van der Waals surface area contributed by atoms with Gasteiger partial charge in [-0.3, -0.25) is 0 Å². The number of aliphatic hydroxyl groups is 1. The highest BCUT2D eigenvalue weighted by Gasteiger charge is 1.91. The summed E-state index contributed by atoms with van der Waals surface area (Å²) in [5.74, 6) is 0. The lowest BCUT2D eigenvalue weighted by atomic mass is 9.86. The van der Waals surface area contributed by atoms with Gasteiger partial charge < -0.3 is 5.11 Å². The Kier molecular flexibility index (Phi) is 2.17. The molecule has 10 heavy (non-hydrogen) atoms. The number of rotatable bonds is 1. The van der Waals surface area contributed by atoms with Crippen LogP contribution in [0.5, 0.6) is 0 Å². The third kappa shape index (κ3) is 1.64. The molecule has 46 valence electrons. The molecule has 0 heterocycles. The van der Waals surface area contributed by atoms with Crippen molar-refractivity contribution < 1.29 is 5.11 Å². The minimum Gasteiger partial charge on any atom is -0.392 e. The molecule has 4 radical (unpaired) electrons. The van der Waals surface area contributed by atoms with E-state index in [0.717, 1.165) is 5.56 Å². The van der Waals surface area contributed by atoms with E-state index in [1.165, 1.54) is 0 Å². The number of benzene rings is 1. The van der Waals surface area contributed by atoms with E-state index in [2.05, 4.69) is 0 Å². The van der Waals surface area contributed by atoms with Crippen molar-refractivity contribution in [2.45, 2.75) is 6.61 Å². The third-order valence-corrected chi connectivity index (χ3v) is 1.22. The summed E-state index contributed by atoms with van der Waals surface area (Å²) >= 11 is 0. The summed E-state index contributed by atoms with van der Waals surface area (Å²) in [5, 5.41) is 8.68. The normalized spacial score (nSPS) is 9.70. The van der Waals surface area contributed by atoms with Crippen molar-refractivity contribution in [1.29, 1.82) is 0 Å². The Labute approximate surface area is 62.9 Å². The quantitative estimate of drug-likeness (QED) is 0.469. The van der Waals surface area contributed by atoms with E-state index in [9.17, 15) is 0 Å². The first kappa shape index (κ1) is 7.42. The highest BCUT2D eigenvalue weighted by Crippen LogP contribution is 1.91. The van der Waals surface area contributed by atoms with Gasteiger partial charge in [0, 0.05) is 0 Å². The van der Waals surface area contributed by atoms with Gasteiger partial charge in [-0.05, 0) is 5.56 Å². The number of hydrogen-bond donors (Lipinski definition) is 1. The lowest BCUT2D eigenvalue weighted by Crippen LogP contribution is -2.14. The van der Waals surface area contributed by atoms with Crippen molar-refractivity contribution in [3.63, 3.8) is 0 Å². The van der Waals surface area contributed by atoms with Crippen LogP contribution in [0.4, 0.5) is 0 Å². The summed E-state index contributed by atoms with van der Waals surface area (Å²) in [6.45, 7) is -0.0186. The molecule has 0 saturated heterocycles. The van der Waals surface area contributed by atoms with E-state index in [1.807, 2.05) is 0 Å². The number of hydrogen-bond acceptors (Lipinski definition) is 1. The van der Waals surface area contributed by atoms with Gasteiger partial charge in [0.1, 0.15) is 15.7 Å². The van der Waals surface area contributed by atoms with Gasteiger partial charge >= 0.3 is 0 Å². The Morgan fingerprint density at radius 2 is 1.60 bits per heavy atom. The second-order valence-electron chi connectivity index (χ2n) is 2.17. The molecule has 0 aromatic heterocycles. The first-order valence-corrected chi connectivity index (χ1v) is 2.98. The molecule has 1 nitrogen and oxygen atoms in total. The van der Waals surface area contributed by atoms with Gasteiger partial charge in [-0.25, -0.2) is 0 Å². The lowest BCUT2D eigenvalue weighted by molar-refractivity contribution is 0.282. The van der Waals surface area contributed by atoms with Gasteiger partial charge in [0.2, 0.25) is 0 Å². The first-order valence-electron chi connectivity index (χ1n) is 2.98. The van der Waals surface area contributed by atoms with Crippen LogP contribution in [0.25, 0.3) is 0 Å². The van der Waals surface area contributed by atoms with E-state index in [4.69, 9.17) is 20.8 Å². The molecule has 0 aliphatic carbocycles. The third-order valence-electron chi connectivity index (χ3n) is 1.22. The van der Waals surface area contributed by atoms with Crippen molar-refractivity contribution in [2.75, 3.05) is 0 Å². The van der Waals surface area contributed by atoms with Gasteiger partial charge in [0.05, 0.1) is 6.61 Å². The number of aliphatic hydroxyl groups excluding tert-OH is 1. The molecule has 0 fully saturated rings. The minimum atomic E-state index is -0.0186. The summed E-state index contributed by atoms with van der Waals surface area (Å²) in [5.41, 5.74) is 1.92. The smallest absolute Gasteiger partial charge is 0.113 e. The van der Waals surface area contributed by atoms with Crippen LogP contribution in [0.2, 0.25) is 0 Å². The zero-order valence-electron chi connectivity index (χ0n) is 5.54. The van der Waals surface area contributed by atoms with Crippen molar-refractivity contribution >= 4 is 26.6 Å². The molecule has 1 aromatic rings. The van der Waals surface area contributed by atoms with Gasteiger partial charge in [-0.15, -0.1) is 0 Å². The Morgan fingerprint density at radius 3 is 2.00 bits per heavy atom. The van der Waals surface area contributed by atoms with Crippen LogP contribution >= 0.6 is 0 Å². The Hall–Kier alpha value is -0.690. The molecule has 0 saturated carbocycles. The lowest BCUT2D eigenvalue weighted by Gasteiger charge is -2.00. The molecule has 0 spiro atoms. The molecule has 3 heteroatoms. The fourth-order valence-corrected chi connectivity index (χ4v) is 0.837. The van der Waals surface area contributed by atoms with E-state index >= 15 is 0 Å². The SMILES string of the molecule is [B]c1cc([B])cc(CO)c1. The topological polar surface area (TPSA) is 20.2 Å². The van der Waals surface area contributed by atoms with Crippen LogP contribution in [-0.4, -0.2) is 20.8 Å². The average Bonchev–Trinajstić information content (AvgIpc) is 1.85. The molecule has 0 bridgehead atoms. The molecule has 1 aromatic carbocycles. The predicted molar refractivity (Wildman–Crippen MR) is 43.1 cm³/mol. The van der Waals surface area contributed by atoms with Gasteiger partial charge in [0.25, 0.3) is 0 Å². The maximum Gasteiger partial charge on any atom is 0.113 e. The second kappa shape index (κ2) is 2.93. The standard InChI is InChI=1S/C7H6B2O/c8-6-1-5(4-10)2-7(9)3-6/h1-3,10H,4H2. The van der Waals surface area contributed by atoms with Crippen LogP contribution in [0.15, 0.2) is 18.2 Å². The van der Waals surface area contributed by atoms with Crippen LogP contribution in [-0.2, 0) is 6.61 Å². The molecular formula is C7H6B2O. The summed E-state index contributed by atoms with van der Waals surface area (Å²) < 4.78 is 0. The van der Waals surface area contributed by atoms with Gasteiger partial charge in [0.15, 0.2) is 0 Å².